The van der Waals surface area contributed by atoms with Crippen molar-refractivity contribution in [2.24, 2.45) is 0 Å². The van der Waals surface area contributed by atoms with Crippen molar-refractivity contribution in [3.63, 3.8) is 0 Å². The summed E-state index contributed by atoms with van der Waals surface area (Å²) in [6.07, 6.45) is 1.55. The number of hydrogen-bond acceptors (Lipinski definition) is 6. The van der Waals surface area contributed by atoms with E-state index in [1.54, 1.807) is 30.5 Å². The number of hydrogen-bond donors (Lipinski definition) is 0. The molecule has 216 valence electrons. The number of aromatic nitrogens is 1. The number of halogens is 2. The molecule has 0 N–H and O–H groups in total. The van der Waals surface area contributed by atoms with Crippen molar-refractivity contribution < 1.29 is 13.9 Å². The Kier molecular flexibility index (Phi) is 12.4. The third-order valence-corrected chi connectivity index (χ3v) is 7.10. The molecule has 1 aliphatic rings. The summed E-state index contributed by atoms with van der Waals surface area (Å²) < 4.78 is 19.6. The summed E-state index contributed by atoms with van der Waals surface area (Å²) in [4.78, 5) is 23.8. The number of benzene rings is 2. The number of rotatable bonds is 10. The summed E-state index contributed by atoms with van der Waals surface area (Å²) >= 11 is 6.23. The summed E-state index contributed by atoms with van der Waals surface area (Å²) in [5.41, 5.74) is 3.50. The maximum absolute atomic E-state index is 14.2. The van der Waals surface area contributed by atoms with Gasteiger partial charge < -0.3 is 9.64 Å². The molecule has 8 heteroatoms. The zero-order valence-corrected chi connectivity index (χ0v) is 25.1. The van der Waals surface area contributed by atoms with E-state index in [1.165, 1.54) is 17.2 Å². The van der Waals surface area contributed by atoms with Crippen molar-refractivity contribution in [2.45, 2.75) is 60.4 Å². The number of carbonyl (C=O) groups excluding carboxylic acids is 1. The van der Waals surface area contributed by atoms with Crippen molar-refractivity contribution in [1.82, 2.24) is 14.8 Å². The van der Waals surface area contributed by atoms with Crippen LogP contribution in [-0.4, -0.2) is 59.6 Å². The molecule has 4 rings (SSSR count). The Morgan fingerprint density at radius 1 is 1.00 bits per heavy atom. The highest BCUT2D eigenvalue weighted by atomic mass is 35.5. The van der Waals surface area contributed by atoms with Crippen molar-refractivity contribution in [1.29, 1.82) is 0 Å². The smallest absolute Gasteiger partial charge is 0.342 e. The molecule has 0 aliphatic carbocycles. The molecule has 0 amide bonds. The van der Waals surface area contributed by atoms with E-state index in [-0.39, 0.29) is 17.9 Å². The van der Waals surface area contributed by atoms with Gasteiger partial charge in [-0.1, -0.05) is 62.7 Å². The van der Waals surface area contributed by atoms with Gasteiger partial charge in [0, 0.05) is 62.6 Å². The predicted octanol–water partition coefficient (Wildman–Crippen LogP) is 6.81. The minimum atomic E-state index is -0.329. The fourth-order valence-corrected chi connectivity index (χ4v) is 4.88. The van der Waals surface area contributed by atoms with E-state index in [2.05, 4.69) is 50.9 Å². The molecule has 1 saturated heterocycles. The molecule has 2 aromatic carbocycles. The van der Waals surface area contributed by atoms with E-state index < -0.39 is 0 Å². The van der Waals surface area contributed by atoms with Crippen molar-refractivity contribution >= 4 is 23.4 Å². The van der Waals surface area contributed by atoms with E-state index in [0.717, 1.165) is 45.8 Å². The molecule has 0 spiro atoms. The van der Waals surface area contributed by atoms with Gasteiger partial charge in [-0.3, -0.25) is 9.80 Å². The third-order valence-electron chi connectivity index (χ3n) is 6.75. The highest BCUT2D eigenvalue weighted by molar-refractivity contribution is 6.31. The minimum absolute atomic E-state index is 0.172. The van der Waals surface area contributed by atoms with Crippen molar-refractivity contribution in [3.05, 3.63) is 93.9 Å². The molecule has 6 nitrogen and oxygen atoms in total. The van der Waals surface area contributed by atoms with E-state index in [9.17, 15) is 9.18 Å². The van der Waals surface area contributed by atoms with Gasteiger partial charge in [-0.2, -0.15) is 0 Å². The van der Waals surface area contributed by atoms with Crippen LogP contribution in [0.1, 0.15) is 61.7 Å². The zero-order chi connectivity index (χ0) is 29.1. The number of nitrogens with zero attached hydrogens (tertiary/aromatic N) is 4. The maximum atomic E-state index is 14.2. The molecule has 0 saturated carbocycles. The molecule has 40 heavy (non-hydrogen) atoms. The fraction of sp³-hybridized carbons (Fsp3) is 0.438. The maximum Gasteiger partial charge on any atom is 0.342 e. The van der Waals surface area contributed by atoms with Gasteiger partial charge in [0.15, 0.2) is 0 Å². The summed E-state index contributed by atoms with van der Waals surface area (Å²) in [6.45, 7) is 16.0. The summed E-state index contributed by atoms with van der Waals surface area (Å²) in [6, 6.07) is 17.0. The van der Waals surface area contributed by atoms with Crippen LogP contribution in [0.2, 0.25) is 5.02 Å². The van der Waals surface area contributed by atoms with Gasteiger partial charge in [0.1, 0.15) is 17.2 Å². The highest BCUT2D eigenvalue weighted by Crippen LogP contribution is 2.23. The van der Waals surface area contributed by atoms with E-state index >= 15 is 0 Å². The topological polar surface area (TPSA) is 48.9 Å². The van der Waals surface area contributed by atoms with Crippen LogP contribution in [0.15, 0.2) is 60.8 Å². The van der Waals surface area contributed by atoms with Gasteiger partial charge in [-0.05, 0) is 55.8 Å². The summed E-state index contributed by atoms with van der Waals surface area (Å²) in [5, 5.41) is 0.466. The number of carbonyl (C=O) groups is 1. The molecule has 0 atom stereocenters. The lowest BCUT2D eigenvalue weighted by Gasteiger charge is -2.36. The number of esters is 1. The Hall–Kier alpha value is -3.00. The predicted molar refractivity (Wildman–Crippen MR) is 161 cm³/mol. The van der Waals surface area contributed by atoms with E-state index in [4.69, 9.17) is 16.3 Å². The first-order chi connectivity index (χ1) is 19.3. The Morgan fingerprint density at radius 3 is 2.30 bits per heavy atom. The van der Waals surface area contributed by atoms with Gasteiger partial charge in [-0.25, -0.2) is 14.2 Å². The molecule has 3 aromatic rings. The van der Waals surface area contributed by atoms with Crippen LogP contribution in [0.25, 0.3) is 0 Å². The standard InChI is InChI=1S/C30H36ClFN4O2.C2H6/c1-4-34(21-26-27(31)8-5-9-28(26)32)19-23-10-12-24(13-11-23)20-35-15-17-36(18-16-35)29-25(7-6-14-33-29)30(37)38-22(2)3;1-2/h5-14,22H,4,15-21H2,1-3H3;1-2H3. The molecule has 0 unspecified atom stereocenters. The Bertz CT molecular complexity index is 1190. The van der Waals surface area contributed by atoms with Gasteiger partial charge >= 0.3 is 5.97 Å². The lowest BCUT2D eigenvalue weighted by atomic mass is 10.1. The summed E-state index contributed by atoms with van der Waals surface area (Å²) in [5.74, 6) is 0.102. The quantitative estimate of drug-likeness (QED) is 0.250. The lowest BCUT2D eigenvalue weighted by molar-refractivity contribution is 0.0378. The van der Waals surface area contributed by atoms with E-state index in [0.29, 0.717) is 28.5 Å². The van der Waals surface area contributed by atoms with Gasteiger partial charge in [0.25, 0.3) is 0 Å². The normalized spacial score (nSPS) is 13.8. The average Bonchev–Trinajstić information content (AvgIpc) is 2.96. The zero-order valence-electron chi connectivity index (χ0n) is 24.4. The van der Waals surface area contributed by atoms with Gasteiger partial charge in [0.2, 0.25) is 0 Å². The number of ether oxygens (including phenoxy) is 1. The lowest BCUT2D eigenvalue weighted by Crippen LogP contribution is -2.46. The first-order valence-corrected chi connectivity index (χ1v) is 14.6. The molecule has 0 radical (unpaired) electrons. The first kappa shape index (κ1) is 31.5. The second kappa shape index (κ2) is 15.7. The molecule has 1 fully saturated rings. The van der Waals surface area contributed by atoms with Crippen LogP contribution in [0.5, 0.6) is 0 Å². The summed E-state index contributed by atoms with van der Waals surface area (Å²) in [7, 11) is 0. The van der Waals surface area contributed by atoms with Gasteiger partial charge in [0.05, 0.1) is 6.10 Å². The van der Waals surface area contributed by atoms with Crippen LogP contribution in [0.3, 0.4) is 0 Å². The van der Waals surface area contributed by atoms with Crippen LogP contribution >= 0.6 is 11.6 Å². The molecule has 1 aromatic heterocycles. The molecule has 0 bridgehead atoms. The SMILES string of the molecule is CC.CCN(Cc1ccc(CN2CCN(c3ncccc3C(=O)OC(C)C)CC2)cc1)Cc1c(F)cccc1Cl. The Morgan fingerprint density at radius 2 is 1.68 bits per heavy atom. The van der Waals surface area contributed by atoms with Crippen LogP contribution < -0.4 is 4.90 Å². The monoisotopic (exact) mass is 568 g/mol. The number of pyridine rings is 1. The van der Waals surface area contributed by atoms with Crippen LogP contribution in [0.4, 0.5) is 10.2 Å². The Balaban J connectivity index is 0.00000216. The largest absolute Gasteiger partial charge is 0.459 e. The fourth-order valence-electron chi connectivity index (χ4n) is 4.66. The average molecular weight is 569 g/mol. The molecular formula is C32H42ClFN4O2. The van der Waals surface area contributed by atoms with Crippen LogP contribution in [-0.2, 0) is 24.4 Å². The van der Waals surface area contributed by atoms with Crippen molar-refractivity contribution in [2.75, 3.05) is 37.6 Å². The minimum Gasteiger partial charge on any atom is -0.459 e. The highest BCUT2D eigenvalue weighted by Gasteiger charge is 2.24. The number of anilines is 1. The third kappa shape index (κ3) is 8.75. The first-order valence-electron chi connectivity index (χ1n) is 14.2. The van der Waals surface area contributed by atoms with Gasteiger partial charge in [-0.15, -0.1) is 0 Å². The van der Waals surface area contributed by atoms with Crippen LogP contribution in [0, 0.1) is 5.82 Å². The number of piperazine rings is 1. The Labute approximate surface area is 243 Å². The molecular weight excluding hydrogens is 527 g/mol. The van der Waals surface area contributed by atoms with Crippen molar-refractivity contribution in [3.8, 4) is 0 Å². The second-order valence-electron chi connectivity index (χ2n) is 9.91. The second-order valence-corrected chi connectivity index (χ2v) is 10.3. The molecule has 1 aliphatic heterocycles. The molecule has 2 heterocycles. The van der Waals surface area contributed by atoms with E-state index in [1.807, 2.05) is 27.7 Å².